The Balaban J connectivity index is 1.63. The molecule has 0 bridgehead atoms. The maximum atomic E-state index is 12.4. The summed E-state index contributed by atoms with van der Waals surface area (Å²) >= 11 is 0. The van der Waals surface area contributed by atoms with Gasteiger partial charge in [-0.3, -0.25) is 0 Å². The second kappa shape index (κ2) is 9.36. The van der Waals surface area contributed by atoms with Crippen LogP contribution < -0.4 is 10.6 Å². The molecule has 2 N–H and O–H groups in total. The first-order valence-electron chi connectivity index (χ1n) is 10.7. The highest BCUT2D eigenvalue weighted by Crippen LogP contribution is 2.15. The van der Waals surface area contributed by atoms with Crippen LogP contribution in [-0.4, -0.2) is 57.6 Å². The average molecular weight is 415 g/mol. The van der Waals surface area contributed by atoms with E-state index in [9.17, 15) is 4.79 Å². The first kappa shape index (κ1) is 21.9. The number of fused-ring (bicyclic) bond motifs is 1. The Morgan fingerprint density at radius 1 is 1.37 bits per heavy atom. The fourth-order valence-electron chi connectivity index (χ4n) is 3.54. The summed E-state index contributed by atoms with van der Waals surface area (Å²) in [6.45, 7) is 12.3. The van der Waals surface area contributed by atoms with Gasteiger partial charge in [0.2, 0.25) is 0 Å². The third kappa shape index (κ3) is 5.87. The van der Waals surface area contributed by atoms with E-state index in [0.717, 1.165) is 48.9 Å². The van der Waals surface area contributed by atoms with E-state index >= 15 is 0 Å². The van der Waals surface area contributed by atoms with Gasteiger partial charge in [0.25, 0.3) is 0 Å². The van der Waals surface area contributed by atoms with Crippen LogP contribution >= 0.6 is 0 Å². The molecule has 3 rings (SSSR count). The van der Waals surface area contributed by atoms with Crippen molar-refractivity contribution < 1.29 is 9.53 Å². The Hall–Kier alpha value is -2.77. The lowest BCUT2D eigenvalue weighted by Crippen LogP contribution is -2.53. The molecule has 1 aliphatic rings. The van der Waals surface area contributed by atoms with E-state index in [1.54, 1.807) is 4.90 Å². The van der Waals surface area contributed by atoms with Crippen molar-refractivity contribution >= 4 is 17.7 Å². The Kier molecular flexibility index (Phi) is 6.84. The monoisotopic (exact) mass is 414 g/mol. The maximum absolute atomic E-state index is 12.4. The van der Waals surface area contributed by atoms with Crippen LogP contribution in [0.5, 0.6) is 0 Å². The number of pyridine rings is 1. The van der Waals surface area contributed by atoms with Gasteiger partial charge in [-0.1, -0.05) is 6.07 Å². The number of imidazole rings is 1. The van der Waals surface area contributed by atoms with E-state index in [2.05, 4.69) is 33.0 Å². The third-order valence-electron chi connectivity index (χ3n) is 4.90. The number of carbonyl (C=O) groups is 1. The van der Waals surface area contributed by atoms with E-state index < -0.39 is 5.60 Å². The predicted octanol–water partition coefficient (Wildman–Crippen LogP) is 3.10. The molecule has 1 atom stereocenters. The molecule has 2 aromatic rings. The molecule has 8 nitrogen and oxygen atoms in total. The highest BCUT2D eigenvalue weighted by Gasteiger charge is 2.28. The van der Waals surface area contributed by atoms with Gasteiger partial charge in [-0.15, -0.1) is 0 Å². The number of nitrogens with one attached hydrogen (secondary N) is 2. The fraction of sp³-hybridized carbons (Fsp3) is 0.591. The van der Waals surface area contributed by atoms with Crippen molar-refractivity contribution in [3.63, 3.8) is 0 Å². The number of hydrogen-bond acceptors (Lipinski definition) is 4. The van der Waals surface area contributed by atoms with Crippen molar-refractivity contribution in [2.45, 2.75) is 65.6 Å². The second-order valence-corrected chi connectivity index (χ2v) is 8.73. The number of guanidine groups is 1. The molecule has 1 amide bonds. The Bertz CT molecular complexity index is 899. The van der Waals surface area contributed by atoms with Crippen LogP contribution in [0.25, 0.3) is 5.65 Å². The van der Waals surface area contributed by atoms with E-state index in [1.807, 2.05) is 46.0 Å². The maximum Gasteiger partial charge on any atom is 0.410 e. The lowest BCUT2D eigenvalue weighted by Gasteiger charge is -2.35. The minimum Gasteiger partial charge on any atom is -0.444 e. The number of likely N-dealkylation sites (tertiary alicyclic amines) is 1. The van der Waals surface area contributed by atoms with Crippen LogP contribution in [-0.2, 0) is 11.3 Å². The van der Waals surface area contributed by atoms with Crippen LogP contribution in [0.2, 0.25) is 0 Å². The largest absolute Gasteiger partial charge is 0.444 e. The third-order valence-corrected chi connectivity index (χ3v) is 4.90. The van der Waals surface area contributed by atoms with Gasteiger partial charge in [-0.25, -0.2) is 14.8 Å². The molecular weight excluding hydrogens is 380 g/mol. The summed E-state index contributed by atoms with van der Waals surface area (Å²) in [6.07, 6.45) is 3.69. The highest BCUT2D eigenvalue weighted by atomic mass is 16.6. The van der Waals surface area contributed by atoms with Crippen molar-refractivity contribution in [1.29, 1.82) is 0 Å². The van der Waals surface area contributed by atoms with Crippen molar-refractivity contribution in [3.8, 4) is 0 Å². The zero-order chi connectivity index (χ0) is 21.7. The number of rotatable bonds is 4. The summed E-state index contributed by atoms with van der Waals surface area (Å²) in [7, 11) is 0. The Morgan fingerprint density at radius 2 is 2.17 bits per heavy atom. The van der Waals surface area contributed by atoms with Gasteiger partial charge in [0.05, 0.1) is 12.2 Å². The molecule has 30 heavy (non-hydrogen) atoms. The summed E-state index contributed by atoms with van der Waals surface area (Å²) in [5.74, 6) is 0.738. The zero-order valence-corrected chi connectivity index (χ0v) is 18.7. The lowest BCUT2D eigenvalue weighted by atomic mass is 10.1. The number of carbonyl (C=O) groups excluding carboxylic acids is 1. The molecule has 0 saturated carbocycles. The predicted molar refractivity (Wildman–Crippen MR) is 119 cm³/mol. The molecule has 0 radical (unpaired) electrons. The number of nitrogens with zero attached hydrogens (tertiary/aromatic N) is 4. The Labute approximate surface area is 178 Å². The van der Waals surface area contributed by atoms with E-state index in [1.165, 1.54) is 0 Å². The number of aromatic nitrogens is 2. The van der Waals surface area contributed by atoms with Gasteiger partial charge < -0.3 is 24.7 Å². The fourth-order valence-corrected chi connectivity index (χ4v) is 3.54. The molecule has 164 valence electrons. The molecule has 3 heterocycles. The van der Waals surface area contributed by atoms with E-state index in [-0.39, 0.29) is 12.1 Å². The molecule has 0 aliphatic carbocycles. The molecule has 0 aromatic carbocycles. The van der Waals surface area contributed by atoms with Gasteiger partial charge in [0, 0.05) is 37.6 Å². The highest BCUT2D eigenvalue weighted by molar-refractivity contribution is 5.80. The molecule has 2 aromatic heterocycles. The number of ether oxygens (including phenoxy) is 1. The van der Waals surface area contributed by atoms with Gasteiger partial charge in [0.15, 0.2) is 5.96 Å². The van der Waals surface area contributed by atoms with Crippen molar-refractivity contribution in [3.05, 3.63) is 35.8 Å². The van der Waals surface area contributed by atoms with Crippen LogP contribution in [0.3, 0.4) is 0 Å². The molecule has 1 unspecified atom stereocenters. The molecular formula is C22H34N6O2. The summed E-state index contributed by atoms with van der Waals surface area (Å²) in [4.78, 5) is 23.6. The smallest absolute Gasteiger partial charge is 0.410 e. The van der Waals surface area contributed by atoms with Crippen molar-refractivity contribution in [2.75, 3.05) is 19.6 Å². The average Bonchev–Trinajstić information content (AvgIpc) is 3.10. The zero-order valence-electron chi connectivity index (χ0n) is 18.7. The van der Waals surface area contributed by atoms with Gasteiger partial charge >= 0.3 is 6.09 Å². The van der Waals surface area contributed by atoms with Crippen LogP contribution in [0.4, 0.5) is 4.79 Å². The van der Waals surface area contributed by atoms with Gasteiger partial charge in [0.1, 0.15) is 11.2 Å². The van der Waals surface area contributed by atoms with Crippen molar-refractivity contribution in [1.82, 2.24) is 24.9 Å². The van der Waals surface area contributed by atoms with Crippen molar-refractivity contribution in [2.24, 2.45) is 4.99 Å². The number of aryl methyl sites for hydroxylation is 1. The molecule has 1 fully saturated rings. The number of aliphatic imine (C=N–C) groups is 1. The summed E-state index contributed by atoms with van der Waals surface area (Å²) in [5, 5.41) is 6.77. The normalized spacial score (nSPS) is 17.8. The molecule has 0 spiro atoms. The summed E-state index contributed by atoms with van der Waals surface area (Å²) in [5.41, 5.74) is 2.50. The molecule has 1 saturated heterocycles. The minimum atomic E-state index is -0.486. The number of piperidine rings is 1. The SMILES string of the molecule is CCNC(=NCc1cn2c(C)cccc2n1)NC1CCCN(C(=O)OC(C)(C)C)C1. The minimum absolute atomic E-state index is 0.132. The quantitative estimate of drug-likeness (QED) is 0.593. The van der Waals surface area contributed by atoms with E-state index in [4.69, 9.17) is 9.73 Å². The van der Waals surface area contributed by atoms with E-state index in [0.29, 0.717) is 13.1 Å². The lowest BCUT2D eigenvalue weighted by molar-refractivity contribution is 0.0193. The first-order chi connectivity index (χ1) is 14.2. The van der Waals surface area contributed by atoms with Crippen LogP contribution in [0.15, 0.2) is 29.4 Å². The standard InChI is InChI=1S/C22H34N6O2/c1-6-23-20(24-13-18-15-28-16(2)9-7-11-19(28)25-18)26-17-10-8-12-27(14-17)21(29)30-22(3,4)5/h7,9,11,15,17H,6,8,10,12-14H2,1-5H3,(H2,23,24,26). The van der Waals surface area contributed by atoms with Gasteiger partial charge in [-0.2, -0.15) is 0 Å². The van der Waals surface area contributed by atoms with Gasteiger partial charge in [-0.05, 0) is 59.6 Å². The first-order valence-corrected chi connectivity index (χ1v) is 10.7. The Morgan fingerprint density at radius 3 is 2.87 bits per heavy atom. The van der Waals surface area contributed by atoms with Crippen LogP contribution in [0.1, 0.15) is 51.9 Å². The van der Waals surface area contributed by atoms with Crippen LogP contribution in [0, 0.1) is 6.92 Å². The summed E-state index contributed by atoms with van der Waals surface area (Å²) < 4.78 is 7.60. The summed E-state index contributed by atoms with van der Waals surface area (Å²) in [6, 6.07) is 6.20. The topological polar surface area (TPSA) is 83.3 Å². The number of amides is 1. The second-order valence-electron chi connectivity index (χ2n) is 8.73. The number of hydrogen-bond donors (Lipinski definition) is 2. The molecule has 8 heteroatoms. The molecule has 1 aliphatic heterocycles.